The molecule has 1 unspecified atom stereocenters. The molecule has 0 N–H and O–H groups in total. The standard InChI is InChI=1S/C22H25N9O/c1-13-14(2)26-21-20(25-13)19(17-6-7-23-29(17)3)27-22(28-21)30-8-9-32-18(12-30)15-10-24-31(11-15)16-4-5-16/h6-7,10-11,16,18H,4-5,8-9,12H2,1-3H3. The minimum absolute atomic E-state index is 0.0680. The van der Waals surface area contributed by atoms with Crippen LogP contribution in [0.5, 0.6) is 0 Å². The molecule has 10 nitrogen and oxygen atoms in total. The maximum absolute atomic E-state index is 6.08. The van der Waals surface area contributed by atoms with Crippen LogP contribution in [0.4, 0.5) is 5.95 Å². The Hall–Kier alpha value is -3.40. The van der Waals surface area contributed by atoms with E-state index in [0.717, 1.165) is 28.3 Å². The molecule has 1 saturated carbocycles. The Morgan fingerprint density at radius 1 is 1.03 bits per heavy atom. The summed E-state index contributed by atoms with van der Waals surface area (Å²) < 4.78 is 9.94. The van der Waals surface area contributed by atoms with Crippen molar-refractivity contribution in [3.8, 4) is 11.4 Å². The highest BCUT2D eigenvalue weighted by atomic mass is 16.5. The summed E-state index contributed by atoms with van der Waals surface area (Å²) in [6.45, 7) is 5.87. The molecule has 6 rings (SSSR count). The first-order valence-electron chi connectivity index (χ1n) is 11.0. The van der Waals surface area contributed by atoms with Crippen molar-refractivity contribution < 1.29 is 4.74 Å². The van der Waals surface area contributed by atoms with Crippen LogP contribution < -0.4 is 4.90 Å². The number of anilines is 1. The number of fused-ring (bicyclic) bond motifs is 1. The lowest BCUT2D eigenvalue weighted by Crippen LogP contribution is -2.39. The Morgan fingerprint density at radius 2 is 1.88 bits per heavy atom. The Balaban J connectivity index is 1.39. The van der Waals surface area contributed by atoms with E-state index in [2.05, 4.69) is 26.0 Å². The number of hydrogen-bond acceptors (Lipinski definition) is 8. The summed E-state index contributed by atoms with van der Waals surface area (Å²) in [4.78, 5) is 21.4. The second-order valence-corrected chi connectivity index (χ2v) is 8.57. The van der Waals surface area contributed by atoms with Crippen molar-refractivity contribution in [3.63, 3.8) is 0 Å². The van der Waals surface area contributed by atoms with Crippen LogP contribution in [-0.4, -0.2) is 59.2 Å². The largest absolute Gasteiger partial charge is 0.370 e. The fourth-order valence-electron chi connectivity index (χ4n) is 4.12. The molecule has 32 heavy (non-hydrogen) atoms. The van der Waals surface area contributed by atoms with Crippen LogP contribution in [0.3, 0.4) is 0 Å². The van der Waals surface area contributed by atoms with Gasteiger partial charge in [0.25, 0.3) is 0 Å². The minimum atomic E-state index is -0.0680. The maximum Gasteiger partial charge on any atom is 0.228 e. The number of morpholine rings is 1. The Labute approximate surface area is 185 Å². The predicted octanol–water partition coefficient (Wildman–Crippen LogP) is 2.55. The minimum Gasteiger partial charge on any atom is -0.370 e. The van der Waals surface area contributed by atoms with Gasteiger partial charge in [-0.3, -0.25) is 9.36 Å². The van der Waals surface area contributed by atoms with E-state index in [0.29, 0.717) is 42.9 Å². The van der Waals surface area contributed by atoms with Gasteiger partial charge in [0.1, 0.15) is 17.3 Å². The first kappa shape index (κ1) is 19.3. The first-order chi connectivity index (χ1) is 15.6. The molecule has 4 aromatic heterocycles. The molecule has 10 heteroatoms. The van der Waals surface area contributed by atoms with Crippen LogP contribution >= 0.6 is 0 Å². The second-order valence-electron chi connectivity index (χ2n) is 8.57. The molecular weight excluding hydrogens is 406 g/mol. The van der Waals surface area contributed by atoms with E-state index in [1.54, 1.807) is 10.9 Å². The molecule has 4 aromatic rings. The van der Waals surface area contributed by atoms with Gasteiger partial charge >= 0.3 is 0 Å². The van der Waals surface area contributed by atoms with Crippen LogP contribution in [0.15, 0.2) is 24.7 Å². The van der Waals surface area contributed by atoms with Gasteiger partial charge in [0.15, 0.2) is 5.65 Å². The van der Waals surface area contributed by atoms with Crippen molar-refractivity contribution in [1.82, 2.24) is 39.5 Å². The van der Waals surface area contributed by atoms with E-state index in [1.807, 2.05) is 33.2 Å². The number of rotatable bonds is 4. The Bertz CT molecular complexity index is 1310. The van der Waals surface area contributed by atoms with Crippen molar-refractivity contribution in [1.29, 1.82) is 0 Å². The van der Waals surface area contributed by atoms with Crippen LogP contribution in [0.25, 0.3) is 22.6 Å². The van der Waals surface area contributed by atoms with Gasteiger partial charge in [-0.25, -0.2) is 15.0 Å². The average Bonchev–Trinajstić information content (AvgIpc) is 3.37. The lowest BCUT2D eigenvalue weighted by molar-refractivity contribution is 0.0392. The monoisotopic (exact) mass is 431 g/mol. The highest BCUT2D eigenvalue weighted by Gasteiger charge is 2.29. The van der Waals surface area contributed by atoms with Gasteiger partial charge in [-0.2, -0.15) is 15.2 Å². The molecule has 2 fully saturated rings. The molecule has 1 aliphatic carbocycles. The topological polar surface area (TPSA) is 99.7 Å². The molecular formula is C22H25N9O. The van der Waals surface area contributed by atoms with Crippen LogP contribution in [-0.2, 0) is 11.8 Å². The predicted molar refractivity (Wildman–Crippen MR) is 118 cm³/mol. The fourth-order valence-corrected chi connectivity index (χ4v) is 4.12. The van der Waals surface area contributed by atoms with E-state index >= 15 is 0 Å². The fraction of sp³-hybridized carbons (Fsp3) is 0.455. The van der Waals surface area contributed by atoms with Gasteiger partial charge in [-0.1, -0.05) is 0 Å². The zero-order valence-electron chi connectivity index (χ0n) is 18.4. The van der Waals surface area contributed by atoms with Gasteiger partial charge < -0.3 is 9.64 Å². The summed E-state index contributed by atoms with van der Waals surface area (Å²) in [7, 11) is 1.90. The van der Waals surface area contributed by atoms with Gasteiger partial charge in [0.2, 0.25) is 5.95 Å². The molecule has 164 valence electrons. The summed E-state index contributed by atoms with van der Waals surface area (Å²) in [5, 5.41) is 8.85. The third-order valence-corrected chi connectivity index (χ3v) is 6.26. The zero-order chi connectivity index (χ0) is 21.8. The van der Waals surface area contributed by atoms with Crippen LogP contribution in [0.1, 0.15) is 41.9 Å². The summed E-state index contributed by atoms with van der Waals surface area (Å²) in [6, 6.07) is 2.50. The molecule has 1 aliphatic heterocycles. The van der Waals surface area contributed by atoms with E-state index < -0.39 is 0 Å². The summed E-state index contributed by atoms with van der Waals surface area (Å²) >= 11 is 0. The average molecular weight is 432 g/mol. The van der Waals surface area contributed by atoms with E-state index in [-0.39, 0.29) is 6.10 Å². The Morgan fingerprint density at radius 3 is 2.66 bits per heavy atom. The maximum atomic E-state index is 6.08. The van der Waals surface area contributed by atoms with E-state index in [1.165, 1.54) is 12.8 Å². The van der Waals surface area contributed by atoms with Crippen molar-refractivity contribution >= 4 is 17.1 Å². The number of aryl methyl sites for hydroxylation is 3. The van der Waals surface area contributed by atoms with Gasteiger partial charge in [0, 0.05) is 31.5 Å². The molecule has 0 radical (unpaired) electrons. The molecule has 1 saturated heterocycles. The van der Waals surface area contributed by atoms with Crippen LogP contribution in [0, 0.1) is 13.8 Å². The van der Waals surface area contributed by atoms with Gasteiger partial charge in [-0.15, -0.1) is 0 Å². The normalized spacial score (nSPS) is 19.1. The molecule has 2 aliphatic rings. The third kappa shape index (κ3) is 3.31. The molecule has 0 bridgehead atoms. The lowest BCUT2D eigenvalue weighted by Gasteiger charge is -2.32. The number of ether oxygens (including phenoxy) is 1. The molecule has 5 heterocycles. The van der Waals surface area contributed by atoms with Crippen molar-refractivity contribution in [3.05, 3.63) is 41.6 Å². The number of aromatic nitrogens is 8. The molecule has 0 aromatic carbocycles. The second kappa shape index (κ2) is 7.33. The van der Waals surface area contributed by atoms with E-state index in [4.69, 9.17) is 24.7 Å². The third-order valence-electron chi connectivity index (χ3n) is 6.26. The Kier molecular flexibility index (Phi) is 4.42. The SMILES string of the molecule is Cc1nc2nc(N3CCOC(c4cnn(C5CC5)c4)C3)nc(-c3ccnn3C)c2nc1C. The number of hydrogen-bond donors (Lipinski definition) is 0. The lowest BCUT2D eigenvalue weighted by atomic mass is 10.1. The summed E-state index contributed by atoms with van der Waals surface area (Å²) in [5.74, 6) is 0.633. The number of nitrogens with zero attached hydrogens (tertiary/aromatic N) is 9. The molecule has 0 spiro atoms. The van der Waals surface area contributed by atoms with Gasteiger partial charge in [0.05, 0.1) is 42.5 Å². The molecule has 1 atom stereocenters. The summed E-state index contributed by atoms with van der Waals surface area (Å²) in [6.07, 6.45) is 8.15. The van der Waals surface area contributed by atoms with Crippen molar-refractivity contribution in [2.24, 2.45) is 7.05 Å². The highest BCUT2D eigenvalue weighted by Crippen LogP contribution is 2.35. The summed E-state index contributed by atoms with van der Waals surface area (Å²) in [5.41, 5.74) is 5.74. The smallest absolute Gasteiger partial charge is 0.228 e. The zero-order valence-corrected chi connectivity index (χ0v) is 18.4. The molecule has 0 amide bonds. The van der Waals surface area contributed by atoms with Crippen molar-refractivity contribution in [2.45, 2.75) is 38.8 Å². The van der Waals surface area contributed by atoms with Gasteiger partial charge in [-0.05, 0) is 32.8 Å². The van der Waals surface area contributed by atoms with Crippen molar-refractivity contribution in [2.75, 3.05) is 24.6 Å². The first-order valence-corrected chi connectivity index (χ1v) is 11.0. The van der Waals surface area contributed by atoms with E-state index in [9.17, 15) is 0 Å². The quantitative estimate of drug-likeness (QED) is 0.486. The highest BCUT2D eigenvalue weighted by molar-refractivity contribution is 5.87. The van der Waals surface area contributed by atoms with Crippen LogP contribution in [0.2, 0.25) is 0 Å².